The van der Waals surface area contributed by atoms with Gasteiger partial charge in [0.1, 0.15) is 4.83 Å². The lowest BCUT2D eigenvalue weighted by Crippen LogP contribution is -2.33. The van der Waals surface area contributed by atoms with Gasteiger partial charge in [-0.05, 0) is 44.1 Å². The fourth-order valence-corrected chi connectivity index (χ4v) is 5.93. The van der Waals surface area contributed by atoms with Crippen molar-refractivity contribution in [2.75, 3.05) is 20.3 Å². The number of methoxy groups -OCH3 is 1. The zero-order valence-corrected chi connectivity index (χ0v) is 19.0. The van der Waals surface area contributed by atoms with Crippen LogP contribution >= 0.6 is 23.1 Å². The van der Waals surface area contributed by atoms with Crippen LogP contribution < -0.4 is 10.9 Å². The molecule has 0 saturated carbocycles. The third-order valence-electron chi connectivity index (χ3n) is 5.17. The van der Waals surface area contributed by atoms with Crippen LogP contribution in [0.5, 0.6) is 0 Å². The Hall–Kier alpha value is -1.64. The highest BCUT2D eigenvalue weighted by atomic mass is 32.2. The summed E-state index contributed by atoms with van der Waals surface area (Å²) in [4.78, 5) is 32.6. The molecule has 1 aliphatic rings. The summed E-state index contributed by atoms with van der Waals surface area (Å²) in [6.45, 7) is 9.45. The van der Waals surface area contributed by atoms with E-state index in [0.29, 0.717) is 30.8 Å². The molecule has 0 fully saturated rings. The molecule has 6 nitrogen and oxygen atoms in total. The van der Waals surface area contributed by atoms with Crippen LogP contribution in [-0.2, 0) is 28.9 Å². The summed E-state index contributed by atoms with van der Waals surface area (Å²) >= 11 is 2.96. The summed E-state index contributed by atoms with van der Waals surface area (Å²) in [5.41, 5.74) is 1.16. The highest BCUT2D eigenvalue weighted by Gasteiger charge is 2.25. The molecule has 0 saturated heterocycles. The Labute approximate surface area is 179 Å². The van der Waals surface area contributed by atoms with Gasteiger partial charge in [-0.1, -0.05) is 24.8 Å². The molecule has 8 heteroatoms. The number of nitrogens with one attached hydrogen (secondary N) is 1. The predicted molar refractivity (Wildman–Crippen MR) is 120 cm³/mol. The minimum Gasteiger partial charge on any atom is -0.385 e. The van der Waals surface area contributed by atoms with Crippen LogP contribution in [0.4, 0.5) is 0 Å². The van der Waals surface area contributed by atoms with Crippen molar-refractivity contribution in [2.24, 2.45) is 5.92 Å². The van der Waals surface area contributed by atoms with Gasteiger partial charge in [0.15, 0.2) is 5.16 Å². The standard InChI is InChI=1S/C21H29N3O3S2/c1-5-10-24-20(26)17-15-8-7-13(2)12-16(15)29-19(17)23-21(24)28-14(3)18(25)22-9-6-11-27-4/h5,13-14H,1,6-12H2,2-4H3,(H,22,25). The van der Waals surface area contributed by atoms with Gasteiger partial charge >= 0.3 is 0 Å². The number of aromatic nitrogens is 2. The van der Waals surface area contributed by atoms with Crippen LogP contribution in [0.3, 0.4) is 0 Å². The molecule has 0 spiro atoms. The molecule has 2 atom stereocenters. The molecule has 0 aromatic carbocycles. The van der Waals surface area contributed by atoms with Crippen molar-refractivity contribution in [2.45, 2.75) is 56.5 Å². The maximum atomic E-state index is 13.3. The normalized spacial score (nSPS) is 17.1. The zero-order valence-electron chi connectivity index (χ0n) is 17.3. The number of rotatable bonds is 9. The third-order valence-corrected chi connectivity index (χ3v) is 7.41. The Bertz CT molecular complexity index is 951. The Morgan fingerprint density at radius 1 is 1.55 bits per heavy atom. The summed E-state index contributed by atoms with van der Waals surface area (Å²) in [7, 11) is 1.64. The lowest BCUT2D eigenvalue weighted by molar-refractivity contribution is -0.120. The first-order chi connectivity index (χ1) is 14.0. The van der Waals surface area contributed by atoms with Gasteiger partial charge in [0.2, 0.25) is 5.91 Å². The van der Waals surface area contributed by atoms with Crippen LogP contribution in [0, 0.1) is 5.92 Å². The van der Waals surface area contributed by atoms with Crippen LogP contribution in [0.15, 0.2) is 22.6 Å². The number of nitrogens with zero attached hydrogens (tertiary/aromatic N) is 2. The number of allylic oxidation sites excluding steroid dienone is 1. The largest absolute Gasteiger partial charge is 0.385 e. The Morgan fingerprint density at radius 2 is 2.34 bits per heavy atom. The Balaban J connectivity index is 1.89. The molecule has 2 aromatic rings. The van der Waals surface area contributed by atoms with E-state index in [2.05, 4.69) is 18.8 Å². The summed E-state index contributed by atoms with van der Waals surface area (Å²) in [6.07, 6.45) is 5.53. The highest BCUT2D eigenvalue weighted by Crippen LogP contribution is 2.36. The molecule has 2 heterocycles. The zero-order chi connectivity index (χ0) is 21.0. The van der Waals surface area contributed by atoms with Crippen molar-refractivity contribution in [3.8, 4) is 0 Å². The van der Waals surface area contributed by atoms with Gasteiger partial charge in [0.05, 0.1) is 10.6 Å². The van der Waals surface area contributed by atoms with Gasteiger partial charge in [-0.25, -0.2) is 4.98 Å². The molecular formula is C21H29N3O3S2. The molecule has 0 bridgehead atoms. The van der Waals surface area contributed by atoms with E-state index < -0.39 is 0 Å². The summed E-state index contributed by atoms with van der Waals surface area (Å²) in [6, 6.07) is 0. The first-order valence-electron chi connectivity index (χ1n) is 10.1. The molecule has 0 aliphatic heterocycles. The monoisotopic (exact) mass is 435 g/mol. The molecule has 1 N–H and O–H groups in total. The van der Waals surface area contributed by atoms with Crippen LogP contribution in [-0.4, -0.2) is 41.0 Å². The third kappa shape index (κ3) is 4.92. The average Bonchev–Trinajstić information content (AvgIpc) is 3.05. The maximum absolute atomic E-state index is 13.3. The Kier molecular flexibility index (Phi) is 7.54. The minimum absolute atomic E-state index is 0.0165. The number of hydrogen-bond acceptors (Lipinski definition) is 6. The average molecular weight is 436 g/mol. The van der Waals surface area contributed by atoms with Crippen molar-refractivity contribution in [1.29, 1.82) is 0 Å². The fraction of sp³-hybridized carbons (Fsp3) is 0.571. The molecule has 3 rings (SSSR count). The van der Waals surface area contributed by atoms with E-state index in [9.17, 15) is 9.59 Å². The first kappa shape index (κ1) is 22.1. The second kappa shape index (κ2) is 9.91. The lowest BCUT2D eigenvalue weighted by atomic mass is 9.89. The van der Waals surface area contributed by atoms with E-state index in [4.69, 9.17) is 9.72 Å². The lowest BCUT2D eigenvalue weighted by Gasteiger charge is -2.18. The fourth-order valence-electron chi connectivity index (χ4n) is 3.57. The summed E-state index contributed by atoms with van der Waals surface area (Å²) in [5.74, 6) is 0.575. The second-order valence-electron chi connectivity index (χ2n) is 7.53. The van der Waals surface area contributed by atoms with Gasteiger partial charge in [-0.3, -0.25) is 14.2 Å². The second-order valence-corrected chi connectivity index (χ2v) is 9.92. The highest BCUT2D eigenvalue weighted by molar-refractivity contribution is 8.00. The first-order valence-corrected chi connectivity index (χ1v) is 11.7. The molecule has 1 aliphatic carbocycles. The van der Waals surface area contributed by atoms with Crippen LogP contribution in [0.25, 0.3) is 10.2 Å². The van der Waals surface area contributed by atoms with E-state index in [1.807, 2.05) is 6.92 Å². The number of carbonyl (C=O) groups is 1. The molecule has 0 radical (unpaired) electrons. The maximum Gasteiger partial charge on any atom is 0.263 e. The van der Waals surface area contributed by atoms with Crippen LogP contribution in [0.2, 0.25) is 0 Å². The van der Waals surface area contributed by atoms with E-state index in [1.54, 1.807) is 29.1 Å². The van der Waals surface area contributed by atoms with Crippen LogP contribution in [0.1, 0.15) is 37.1 Å². The molecule has 2 unspecified atom stereocenters. The number of aryl methyl sites for hydroxylation is 1. The van der Waals surface area contributed by atoms with E-state index in [1.165, 1.54) is 22.2 Å². The number of thioether (sulfide) groups is 1. The smallest absolute Gasteiger partial charge is 0.263 e. The van der Waals surface area contributed by atoms with Gasteiger partial charge in [0, 0.05) is 31.7 Å². The van der Waals surface area contributed by atoms with Crippen molar-refractivity contribution >= 4 is 39.2 Å². The van der Waals surface area contributed by atoms with Gasteiger partial charge in [0.25, 0.3) is 5.56 Å². The Morgan fingerprint density at radius 3 is 3.07 bits per heavy atom. The summed E-state index contributed by atoms with van der Waals surface area (Å²) in [5, 5.41) is 3.90. The van der Waals surface area contributed by atoms with Gasteiger partial charge in [-0.15, -0.1) is 17.9 Å². The molecule has 29 heavy (non-hydrogen) atoms. The summed E-state index contributed by atoms with van der Waals surface area (Å²) < 4.78 is 6.66. The van der Waals surface area contributed by atoms with E-state index in [0.717, 1.165) is 35.9 Å². The number of amides is 1. The van der Waals surface area contributed by atoms with Crippen molar-refractivity contribution in [3.63, 3.8) is 0 Å². The number of ether oxygens (including phenoxy) is 1. The topological polar surface area (TPSA) is 73.2 Å². The number of carbonyl (C=O) groups excluding carboxylic acids is 1. The number of fused-ring (bicyclic) bond motifs is 3. The van der Waals surface area contributed by atoms with Crippen molar-refractivity contribution < 1.29 is 9.53 Å². The number of thiophene rings is 1. The molecular weight excluding hydrogens is 406 g/mol. The van der Waals surface area contributed by atoms with Gasteiger partial charge < -0.3 is 10.1 Å². The molecule has 158 valence electrons. The number of hydrogen-bond donors (Lipinski definition) is 1. The SMILES string of the molecule is C=CCn1c(SC(C)C(=O)NCCCOC)nc2sc3c(c2c1=O)CCC(C)C3. The van der Waals surface area contributed by atoms with Crippen molar-refractivity contribution in [3.05, 3.63) is 33.4 Å². The predicted octanol–water partition coefficient (Wildman–Crippen LogP) is 3.40. The molecule has 1 amide bonds. The van der Waals surface area contributed by atoms with E-state index >= 15 is 0 Å². The quantitative estimate of drug-likeness (QED) is 0.283. The van der Waals surface area contributed by atoms with Crippen molar-refractivity contribution in [1.82, 2.24) is 14.9 Å². The van der Waals surface area contributed by atoms with E-state index in [-0.39, 0.29) is 16.7 Å². The molecule has 2 aromatic heterocycles. The van der Waals surface area contributed by atoms with Gasteiger partial charge in [-0.2, -0.15) is 0 Å². The minimum atomic E-state index is -0.354.